The van der Waals surface area contributed by atoms with Crippen LogP contribution in [0.25, 0.3) is 22.6 Å². The van der Waals surface area contributed by atoms with Crippen molar-refractivity contribution in [3.05, 3.63) is 58.8 Å². The number of ether oxygens (including phenoxy) is 1. The first-order chi connectivity index (χ1) is 16.4. The van der Waals surface area contributed by atoms with Crippen LogP contribution in [0, 0.1) is 10.1 Å². The number of hydrogen-bond acceptors (Lipinski definition) is 9. The summed E-state index contributed by atoms with van der Waals surface area (Å²) in [5.74, 6) is 1.40. The number of aryl methyl sites for hydroxylation is 1. The lowest BCUT2D eigenvalue weighted by Gasteiger charge is -2.21. The molecular formula is C23H26N8O3. The number of benzene rings is 2. The van der Waals surface area contributed by atoms with E-state index in [0.717, 1.165) is 11.0 Å². The number of nitrogens with zero attached hydrogens (tertiary/aromatic N) is 6. The molecule has 2 heterocycles. The molecule has 34 heavy (non-hydrogen) atoms. The summed E-state index contributed by atoms with van der Waals surface area (Å²) in [6, 6.07) is 12.7. The number of likely N-dealkylation sites (N-methyl/N-ethyl adjacent to an activating group) is 2. The molecule has 176 valence electrons. The van der Waals surface area contributed by atoms with Crippen molar-refractivity contribution in [3.8, 4) is 17.3 Å². The molecule has 0 unspecified atom stereocenters. The second kappa shape index (κ2) is 9.71. The monoisotopic (exact) mass is 462 g/mol. The van der Waals surface area contributed by atoms with Crippen molar-refractivity contribution in [2.45, 2.75) is 0 Å². The molecule has 2 aromatic heterocycles. The molecular weight excluding hydrogens is 436 g/mol. The Morgan fingerprint density at radius 3 is 2.71 bits per heavy atom. The fourth-order valence-electron chi connectivity index (χ4n) is 3.71. The lowest BCUT2D eigenvalue weighted by molar-refractivity contribution is -0.384. The number of hydrogen-bond donors (Lipinski definition) is 2. The van der Waals surface area contributed by atoms with Crippen molar-refractivity contribution < 1.29 is 9.66 Å². The van der Waals surface area contributed by atoms with Crippen LogP contribution in [0.4, 0.5) is 23.0 Å². The van der Waals surface area contributed by atoms with Gasteiger partial charge in [-0.1, -0.05) is 12.1 Å². The van der Waals surface area contributed by atoms with E-state index in [2.05, 4.69) is 25.6 Å². The lowest BCUT2D eigenvalue weighted by Crippen LogP contribution is -2.27. The Morgan fingerprint density at radius 1 is 1.21 bits per heavy atom. The van der Waals surface area contributed by atoms with Gasteiger partial charge in [0.05, 0.1) is 28.8 Å². The molecule has 11 nitrogen and oxygen atoms in total. The molecule has 0 saturated carbocycles. The maximum atomic E-state index is 11.8. The van der Waals surface area contributed by atoms with Crippen LogP contribution in [0.15, 0.2) is 48.7 Å². The Bertz CT molecular complexity index is 1340. The second-order valence-corrected chi connectivity index (χ2v) is 7.70. The van der Waals surface area contributed by atoms with Crippen LogP contribution >= 0.6 is 0 Å². The van der Waals surface area contributed by atoms with E-state index in [1.807, 2.05) is 47.8 Å². The van der Waals surface area contributed by atoms with Crippen molar-refractivity contribution in [1.29, 1.82) is 0 Å². The van der Waals surface area contributed by atoms with Crippen molar-refractivity contribution >= 4 is 34.0 Å². The minimum Gasteiger partial charge on any atom is -0.494 e. The quantitative estimate of drug-likeness (QED) is 0.285. The largest absolute Gasteiger partial charge is 0.494 e. The molecule has 0 bridgehead atoms. The summed E-state index contributed by atoms with van der Waals surface area (Å²) in [6.07, 6.45) is 1.62. The molecule has 2 aromatic carbocycles. The highest BCUT2D eigenvalue weighted by Gasteiger charge is 2.22. The van der Waals surface area contributed by atoms with Crippen molar-refractivity contribution in [2.75, 3.05) is 44.5 Å². The van der Waals surface area contributed by atoms with E-state index < -0.39 is 4.92 Å². The summed E-state index contributed by atoms with van der Waals surface area (Å²) < 4.78 is 7.48. The number of anilines is 3. The van der Waals surface area contributed by atoms with Gasteiger partial charge in [-0.15, -0.1) is 0 Å². The maximum Gasteiger partial charge on any atom is 0.294 e. The summed E-state index contributed by atoms with van der Waals surface area (Å²) in [5, 5.41) is 17.9. The van der Waals surface area contributed by atoms with Crippen LogP contribution in [0.1, 0.15) is 0 Å². The van der Waals surface area contributed by atoms with Gasteiger partial charge in [-0.3, -0.25) is 10.1 Å². The number of nitro groups is 1. The maximum absolute atomic E-state index is 11.8. The normalized spacial score (nSPS) is 10.9. The van der Waals surface area contributed by atoms with Gasteiger partial charge in [-0.25, -0.2) is 15.0 Å². The van der Waals surface area contributed by atoms with E-state index in [4.69, 9.17) is 4.74 Å². The van der Waals surface area contributed by atoms with Gasteiger partial charge in [0.15, 0.2) is 5.82 Å². The van der Waals surface area contributed by atoms with Gasteiger partial charge in [0.2, 0.25) is 5.95 Å². The average molecular weight is 463 g/mol. The van der Waals surface area contributed by atoms with Crippen LogP contribution in [-0.4, -0.2) is 58.7 Å². The van der Waals surface area contributed by atoms with Crippen LogP contribution in [0.5, 0.6) is 5.75 Å². The number of para-hydroxylation sites is 2. The number of rotatable bonds is 9. The van der Waals surface area contributed by atoms with Gasteiger partial charge in [0.25, 0.3) is 5.69 Å². The first kappa shape index (κ1) is 22.9. The van der Waals surface area contributed by atoms with Crippen LogP contribution < -0.4 is 20.3 Å². The molecule has 11 heteroatoms. The Hall–Kier alpha value is -4.25. The summed E-state index contributed by atoms with van der Waals surface area (Å²) in [4.78, 5) is 26.8. The number of aromatic nitrogens is 4. The lowest BCUT2D eigenvalue weighted by atomic mass is 10.2. The standard InChI is InChI=1S/C23H26N8O3/c1-24-11-12-29(2)19-14-21(34-4)17(13-20(19)31(32)33)28-23-25-10-9-16(27-23)22-26-15-7-5-6-8-18(15)30(22)3/h5-10,13-14,24H,11-12H2,1-4H3,(H,25,27,28). The molecule has 4 aromatic rings. The summed E-state index contributed by atoms with van der Waals surface area (Å²) in [5.41, 5.74) is 3.27. The second-order valence-electron chi connectivity index (χ2n) is 7.70. The van der Waals surface area contributed by atoms with E-state index in [1.165, 1.54) is 13.2 Å². The number of nitrogens with one attached hydrogen (secondary N) is 2. The molecule has 0 amide bonds. The topological polar surface area (TPSA) is 123 Å². The highest BCUT2D eigenvalue weighted by Crippen LogP contribution is 2.39. The fraction of sp³-hybridized carbons (Fsp3) is 0.261. The number of fused-ring (bicyclic) bond motifs is 1. The van der Waals surface area contributed by atoms with Gasteiger partial charge >= 0.3 is 0 Å². The van der Waals surface area contributed by atoms with E-state index in [0.29, 0.717) is 41.7 Å². The summed E-state index contributed by atoms with van der Waals surface area (Å²) in [7, 11) is 7.07. The molecule has 0 aliphatic carbocycles. The molecule has 2 N–H and O–H groups in total. The Kier molecular flexibility index (Phi) is 6.55. The molecule has 0 saturated heterocycles. The molecule has 0 spiro atoms. The molecule has 0 atom stereocenters. The van der Waals surface area contributed by atoms with Crippen molar-refractivity contribution in [3.63, 3.8) is 0 Å². The third-order valence-electron chi connectivity index (χ3n) is 5.52. The molecule has 0 fully saturated rings. The van der Waals surface area contributed by atoms with Crippen molar-refractivity contribution in [2.24, 2.45) is 7.05 Å². The zero-order valence-electron chi connectivity index (χ0n) is 19.4. The van der Waals surface area contributed by atoms with Gasteiger partial charge in [-0.05, 0) is 25.2 Å². The minimum atomic E-state index is -0.410. The van der Waals surface area contributed by atoms with Crippen LogP contribution in [0.3, 0.4) is 0 Å². The third kappa shape index (κ3) is 4.46. The Morgan fingerprint density at radius 2 is 2.00 bits per heavy atom. The zero-order valence-corrected chi connectivity index (χ0v) is 19.4. The van der Waals surface area contributed by atoms with E-state index in [-0.39, 0.29) is 11.6 Å². The van der Waals surface area contributed by atoms with Crippen LogP contribution in [0.2, 0.25) is 0 Å². The number of imidazole rings is 1. The highest BCUT2D eigenvalue weighted by molar-refractivity contribution is 5.80. The Balaban J connectivity index is 1.70. The average Bonchev–Trinajstić information content (AvgIpc) is 3.19. The smallest absolute Gasteiger partial charge is 0.294 e. The number of methoxy groups -OCH3 is 1. The minimum absolute atomic E-state index is 0.0478. The first-order valence-corrected chi connectivity index (χ1v) is 10.7. The summed E-state index contributed by atoms with van der Waals surface area (Å²) >= 11 is 0. The highest BCUT2D eigenvalue weighted by atomic mass is 16.6. The van der Waals surface area contributed by atoms with Gasteiger partial charge in [0.1, 0.15) is 17.1 Å². The summed E-state index contributed by atoms with van der Waals surface area (Å²) in [6.45, 7) is 1.27. The van der Waals surface area contributed by atoms with E-state index in [9.17, 15) is 10.1 Å². The SMILES string of the molecule is CNCCN(C)c1cc(OC)c(Nc2nccc(-c3nc4ccccc4n3C)n2)cc1[N+](=O)[O-]. The predicted molar refractivity (Wildman–Crippen MR) is 132 cm³/mol. The molecule has 4 rings (SSSR count). The van der Waals surface area contributed by atoms with Gasteiger partial charge in [-0.2, -0.15) is 0 Å². The van der Waals surface area contributed by atoms with E-state index in [1.54, 1.807) is 25.4 Å². The molecule has 0 aliphatic heterocycles. The number of nitro benzene ring substituents is 1. The zero-order chi connectivity index (χ0) is 24.2. The first-order valence-electron chi connectivity index (χ1n) is 10.7. The van der Waals surface area contributed by atoms with Crippen LogP contribution in [-0.2, 0) is 7.05 Å². The van der Waals surface area contributed by atoms with Gasteiger partial charge < -0.3 is 24.8 Å². The van der Waals surface area contributed by atoms with Gasteiger partial charge in [0, 0.05) is 45.5 Å². The fourth-order valence-corrected chi connectivity index (χ4v) is 3.71. The molecule has 0 aliphatic rings. The Labute approximate surface area is 196 Å². The molecule has 0 radical (unpaired) electrons. The van der Waals surface area contributed by atoms with E-state index >= 15 is 0 Å². The predicted octanol–water partition coefficient (Wildman–Crippen LogP) is 3.35. The van der Waals surface area contributed by atoms with Crippen molar-refractivity contribution in [1.82, 2.24) is 24.8 Å². The third-order valence-corrected chi connectivity index (χ3v) is 5.52.